The number of methoxy groups -OCH3 is 1. The van der Waals surface area contributed by atoms with Crippen LogP contribution in [0.1, 0.15) is 22.0 Å². The second-order valence-electron chi connectivity index (χ2n) is 5.37. The highest BCUT2D eigenvalue weighted by Gasteiger charge is 2.52. The Morgan fingerprint density at radius 3 is 2.50 bits per heavy atom. The molecule has 1 aromatic carbocycles. The number of aromatic hydroxyl groups is 2. The van der Waals surface area contributed by atoms with Crippen LogP contribution in [0, 0.1) is 0 Å². The molecule has 0 unspecified atom stereocenters. The minimum absolute atomic E-state index is 0. The van der Waals surface area contributed by atoms with Crippen LogP contribution in [-0.2, 0) is 9.47 Å². The standard InChI is InChI=1S/C14H16O9.H2O/c1-21-11-5(16)2-4-7(9(11)18)12-13(23-14(4)20)10(19)8(17)6(3-15)22-12;/h2,6,8,10,12-13,15-19H,3H2,1H3;1H2/t6-,8+,10+,12-,13-;/m0./s1. The van der Waals surface area contributed by atoms with E-state index in [1.54, 1.807) is 0 Å². The molecule has 0 saturated carbocycles. The van der Waals surface area contributed by atoms with Crippen molar-refractivity contribution in [3.8, 4) is 17.2 Å². The predicted molar refractivity (Wildman–Crippen MR) is 75.9 cm³/mol. The summed E-state index contributed by atoms with van der Waals surface area (Å²) in [5, 5.41) is 49.3. The predicted octanol–water partition coefficient (Wildman–Crippen LogP) is -2.03. The van der Waals surface area contributed by atoms with Crippen LogP contribution in [0.25, 0.3) is 0 Å². The molecule has 2 aliphatic rings. The van der Waals surface area contributed by atoms with Gasteiger partial charge in [0, 0.05) is 5.56 Å². The average Bonchev–Trinajstić information content (AvgIpc) is 2.52. The van der Waals surface area contributed by atoms with Gasteiger partial charge in [0.2, 0.25) is 5.75 Å². The molecule has 3 rings (SSSR count). The van der Waals surface area contributed by atoms with Crippen molar-refractivity contribution in [2.75, 3.05) is 13.7 Å². The van der Waals surface area contributed by atoms with E-state index < -0.39 is 54.6 Å². The minimum Gasteiger partial charge on any atom is -0.504 e. The van der Waals surface area contributed by atoms with Gasteiger partial charge in [-0.1, -0.05) is 0 Å². The number of hydrogen-bond acceptors (Lipinski definition) is 9. The van der Waals surface area contributed by atoms with Crippen LogP contribution in [0.4, 0.5) is 0 Å². The maximum Gasteiger partial charge on any atom is 0.339 e. The van der Waals surface area contributed by atoms with Crippen molar-refractivity contribution >= 4 is 5.97 Å². The zero-order chi connectivity index (χ0) is 16.9. The summed E-state index contributed by atoms with van der Waals surface area (Å²) in [5.74, 6) is -2.16. The molecule has 0 spiro atoms. The molecule has 5 atom stereocenters. The zero-order valence-corrected chi connectivity index (χ0v) is 12.5. The topological polar surface area (TPSA) is 177 Å². The molecule has 10 nitrogen and oxygen atoms in total. The van der Waals surface area contributed by atoms with Crippen LogP contribution in [0.2, 0.25) is 0 Å². The highest BCUT2D eigenvalue weighted by molar-refractivity contribution is 5.95. The average molecular weight is 346 g/mol. The zero-order valence-electron chi connectivity index (χ0n) is 12.5. The molecule has 2 aliphatic heterocycles. The van der Waals surface area contributed by atoms with Gasteiger partial charge >= 0.3 is 5.97 Å². The molecule has 24 heavy (non-hydrogen) atoms. The summed E-state index contributed by atoms with van der Waals surface area (Å²) < 4.78 is 15.4. The number of aliphatic hydroxyl groups excluding tert-OH is 3. The van der Waals surface area contributed by atoms with Crippen molar-refractivity contribution in [2.45, 2.75) is 30.5 Å². The van der Waals surface area contributed by atoms with Gasteiger partial charge in [-0.05, 0) is 6.07 Å². The third-order valence-corrected chi connectivity index (χ3v) is 4.09. The molecule has 2 heterocycles. The summed E-state index contributed by atoms with van der Waals surface area (Å²) in [6, 6.07) is 1.06. The lowest BCUT2D eigenvalue weighted by Crippen LogP contribution is -2.58. The first-order valence-corrected chi connectivity index (χ1v) is 6.87. The van der Waals surface area contributed by atoms with Crippen molar-refractivity contribution in [3.05, 3.63) is 17.2 Å². The molecule has 1 aromatic rings. The quantitative estimate of drug-likeness (QED) is 0.378. The van der Waals surface area contributed by atoms with E-state index in [0.717, 1.165) is 6.07 Å². The van der Waals surface area contributed by atoms with E-state index in [-0.39, 0.29) is 22.4 Å². The van der Waals surface area contributed by atoms with Gasteiger partial charge in [0.15, 0.2) is 17.6 Å². The number of rotatable bonds is 2. The van der Waals surface area contributed by atoms with E-state index in [2.05, 4.69) is 0 Å². The first-order valence-electron chi connectivity index (χ1n) is 6.87. The van der Waals surface area contributed by atoms with E-state index in [4.69, 9.17) is 14.2 Å². The first-order chi connectivity index (χ1) is 10.9. The largest absolute Gasteiger partial charge is 0.504 e. The molecule has 0 radical (unpaired) electrons. The summed E-state index contributed by atoms with van der Waals surface area (Å²) in [7, 11) is 1.22. The van der Waals surface area contributed by atoms with Crippen LogP contribution < -0.4 is 4.74 Å². The molecule has 134 valence electrons. The van der Waals surface area contributed by atoms with Crippen molar-refractivity contribution < 1.29 is 50.0 Å². The van der Waals surface area contributed by atoms with Gasteiger partial charge < -0.3 is 45.2 Å². The highest BCUT2D eigenvalue weighted by atomic mass is 16.6. The highest BCUT2D eigenvalue weighted by Crippen LogP contribution is 2.49. The number of carbonyl (C=O) groups excluding carboxylic acids is 1. The van der Waals surface area contributed by atoms with Gasteiger partial charge in [0.05, 0.1) is 19.3 Å². The SMILES string of the molecule is COc1c(O)cc2c(c1O)[C@@H]1O[C@@H](CO)[C@@H](O)[C@@H](O)[C@@H]1OC2=O.O. The number of phenols is 2. The summed E-state index contributed by atoms with van der Waals surface area (Å²) >= 11 is 0. The normalized spacial score (nSPS) is 31.3. The molecular formula is C14H18O10. The Labute approximate surface area is 135 Å². The van der Waals surface area contributed by atoms with Crippen molar-refractivity contribution in [1.82, 2.24) is 0 Å². The van der Waals surface area contributed by atoms with Crippen molar-refractivity contribution in [2.24, 2.45) is 0 Å². The molecule has 0 amide bonds. The second kappa shape index (κ2) is 6.42. The Bertz CT molecular complexity index is 645. The van der Waals surface area contributed by atoms with Crippen LogP contribution in [0.15, 0.2) is 6.07 Å². The van der Waals surface area contributed by atoms with Gasteiger partial charge in [-0.2, -0.15) is 0 Å². The van der Waals surface area contributed by atoms with E-state index in [1.807, 2.05) is 0 Å². The fraction of sp³-hybridized carbons (Fsp3) is 0.500. The van der Waals surface area contributed by atoms with Crippen LogP contribution in [0.3, 0.4) is 0 Å². The molecule has 0 aliphatic carbocycles. The fourth-order valence-corrected chi connectivity index (χ4v) is 2.95. The molecule has 1 fully saturated rings. The van der Waals surface area contributed by atoms with E-state index in [1.165, 1.54) is 7.11 Å². The summed E-state index contributed by atoms with van der Waals surface area (Å²) in [5.41, 5.74) is -0.187. The monoisotopic (exact) mass is 346 g/mol. The van der Waals surface area contributed by atoms with Gasteiger partial charge in [-0.3, -0.25) is 0 Å². The lowest BCUT2D eigenvalue weighted by Gasteiger charge is -2.44. The number of hydrogen-bond donors (Lipinski definition) is 5. The number of fused-ring (bicyclic) bond motifs is 3. The fourth-order valence-electron chi connectivity index (χ4n) is 2.95. The maximum absolute atomic E-state index is 12.1. The van der Waals surface area contributed by atoms with Crippen molar-refractivity contribution in [3.63, 3.8) is 0 Å². The Hall–Kier alpha value is -2.11. The number of esters is 1. The maximum atomic E-state index is 12.1. The molecule has 10 heteroatoms. The molecule has 0 bridgehead atoms. The Balaban J connectivity index is 0.00000208. The van der Waals surface area contributed by atoms with E-state index in [0.29, 0.717) is 0 Å². The molecule has 0 aromatic heterocycles. The summed E-state index contributed by atoms with van der Waals surface area (Å²) in [6.07, 6.45) is -6.50. The summed E-state index contributed by atoms with van der Waals surface area (Å²) in [4.78, 5) is 12.1. The Morgan fingerprint density at radius 2 is 1.92 bits per heavy atom. The minimum atomic E-state index is -1.51. The van der Waals surface area contributed by atoms with Crippen LogP contribution in [-0.4, -0.2) is 75.1 Å². The van der Waals surface area contributed by atoms with Crippen LogP contribution >= 0.6 is 0 Å². The number of phenolic OH excluding ortho intramolecular Hbond substituents is 2. The molecule has 1 saturated heterocycles. The van der Waals surface area contributed by atoms with Gasteiger partial charge in [0.1, 0.15) is 24.4 Å². The number of aliphatic hydroxyl groups is 3. The van der Waals surface area contributed by atoms with E-state index in [9.17, 15) is 30.3 Å². The molecule has 7 N–H and O–H groups in total. The molecular weight excluding hydrogens is 328 g/mol. The third kappa shape index (κ3) is 2.44. The second-order valence-corrected chi connectivity index (χ2v) is 5.37. The number of carbonyl (C=O) groups is 1. The van der Waals surface area contributed by atoms with Gasteiger partial charge in [0.25, 0.3) is 0 Å². The van der Waals surface area contributed by atoms with Crippen LogP contribution in [0.5, 0.6) is 17.2 Å². The number of benzene rings is 1. The number of ether oxygens (including phenoxy) is 3. The van der Waals surface area contributed by atoms with Gasteiger partial charge in [-0.15, -0.1) is 0 Å². The lowest BCUT2D eigenvalue weighted by molar-refractivity contribution is -0.235. The third-order valence-electron chi connectivity index (χ3n) is 4.09. The Morgan fingerprint density at radius 1 is 1.25 bits per heavy atom. The van der Waals surface area contributed by atoms with E-state index >= 15 is 0 Å². The first kappa shape index (κ1) is 18.2. The lowest BCUT2D eigenvalue weighted by atomic mass is 9.86. The van der Waals surface area contributed by atoms with Gasteiger partial charge in [-0.25, -0.2) is 4.79 Å². The smallest absolute Gasteiger partial charge is 0.339 e. The summed E-state index contributed by atoms with van der Waals surface area (Å²) in [6.45, 7) is -0.583. The van der Waals surface area contributed by atoms with Crippen molar-refractivity contribution in [1.29, 1.82) is 0 Å². The Kier molecular flexibility index (Phi) is 4.87.